The zero-order chi connectivity index (χ0) is 29.5. The number of hydrogen-bond acceptors (Lipinski definition) is 7. The summed E-state index contributed by atoms with van der Waals surface area (Å²) in [4.78, 5) is 18.4. The number of likely N-dealkylation sites (tertiary alicyclic amines) is 1. The number of ether oxygens (including phenoxy) is 1. The van der Waals surface area contributed by atoms with E-state index in [4.69, 9.17) is 16.3 Å². The molecule has 2 N–H and O–H groups in total. The molecular formula is C27H25ClF3N5O4S. The van der Waals surface area contributed by atoms with Crippen LogP contribution in [0.3, 0.4) is 0 Å². The molecular weight excluding hydrogens is 583 g/mol. The fraction of sp³-hybridized carbons (Fsp3) is 0.296. The number of H-pyrrole nitrogens is 1. The van der Waals surface area contributed by atoms with Crippen LogP contribution in [-0.4, -0.2) is 67.7 Å². The summed E-state index contributed by atoms with van der Waals surface area (Å²) in [5.74, 6) is -5.10. The van der Waals surface area contributed by atoms with E-state index in [1.165, 1.54) is 19.4 Å². The average Bonchev–Trinajstić information content (AvgIpc) is 3.56. The Bertz CT molecular complexity index is 1770. The molecule has 0 unspecified atom stereocenters. The molecule has 41 heavy (non-hydrogen) atoms. The third-order valence-electron chi connectivity index (χ3n) is 7.16. The zero-order valence-corrected chi connectivity index (χ0v) is 23.5. The third kappa shape index (κ3) is 5.48. The number of carbonyl (C=O) groups excluding carboxylic acids is 1. The van der Waals surface area contributed by atoms with Gasteiger partial charge in [-0.3, -0.25) is 9.89 Å². The number of likely N-dealkylation sites (N-methyl/N-ethyl adjacent to an activating group) is 1. The lowest BCUT2D eigenvalue weighted by Crippen LogP contribution is -2.38. The minimum absolute atomic E-state index is 0.0102. The summed E-state index contributed by atoms with van der Waals surface area (Å²) in [7, 11) is -1.09. The van der Waals surface area contributed by atoms with E-state index in [0.29, 0.717) is 6.54 Å². The van der Waals surface area contributed by atoms with Crippen molar-refractivity contribution in [3.8, 4) is 17.0 Å². The smallest absolute Gasteiger partial charge is 0.269 e. The molecule has 0 saturated carbocycles. The number of halogens is 4. The number of hydrogen-bond donors (Lipinski definition) is 2. The summed E-state index contributed by atoms with van der Waals surface area (Å²) < 4.78 is 77.5. The summed E-state index contributed by atoms with van der Waals surface area (Å²) in [6.07, 6.45) is 3.16. The summed E-state index contributed by atoms with van der Waals surface area (Å²) in [6.45, 7) is 1.34. The summed E-state index contributed by atoms with van der Waals surface area (Å²) in [5, 5.41) is 9.35. The number of benzene rings is 2. The van der Waals surface area contributed by atoms with Crippen LogP contribution in [-0.2, 0) is 15.6 Å². The topological polar surface area (TPSA) is 117 Å². The maximum atomic E-state index is 15.7. The highest BCUT2D eigenvalue weighted by molar-refractivity contribution is 7.90. The van der Waals surface area contributed by atoms with Gasteiger partial charge in [-0.2, -0.15) is 5.10 Å². The van der Waals surface area contributed by atoms with Crippen molar-refractivity contribution < 1.29 is 31.1 Å². The Labute approximate surface area is 238 Å². The maximum Gasteiger partial charge on any atom is 0.269 e. The number of sulfone groups is 1. The Hall–Kier alpha value is -3.68. The second-order valence-electron chi connectivity index (χ2n) is 9.72. The van der Waals surface area contributed by atoms with Crippen LogP contribution in [0.4, 0.5) is 13.2 Å². The summed E-state index contributed by atoms with van der Waals surface area (Å²) in [5.41, 5.74) is -1.96. The molecule has 9 nitrogen and oxygen atoms in total. The SMILES string of the molecule is COc1ncc(Cl)cc1S(=O)(=O)Cc1ccc(F)c(-c2ccc3c(C(=O)NC[C@@H]4CCCN4C)[nH]nc3c2F)c1F. The number of nitrogens with one attached hydrogen (secondary N) is 2. The molecule has 2 aromatic heterocycles. The molecule has 0 aliphatic carbocycles. The Morgan fingerprint density at radius 2 is 2.00 bits per heavy atom. The monoisotopic (exact) mass is 607 g/mol. The minimum atomic E-state index is -4.27. The van der Waals surface area contributed by atoms with Crippen molar-refractivity contribution in [2.24, 2.45) is 0 Å². The lowest BCUT2D eigenvalue weighted by Gasteiger charge is -2.19. The number of methoxy groups -OCH3 is 1. The number of pyridine rings is 1. The molecule has 0 spiro atoms. The highest BCUT2D eigenvalue weighted by Gasteiger charge is 2.28. The van der Waals surface area contributed by atoms with Gasteiger partial charge in [-0.1, -0.05) is 23.7 Å². The van der Waals surface area contributed by atoms with E-state index in [9.17, 15) is 17.6 Å². The second-order valence-corrected chi connectivity index (χ2v) is 12.1. The van der Waals surface area contributed by atoms with Crippen molar-refractivity contribution in [2.75, 3.05) is 27.2 Å². The molecule has 216 valence electrons. The lowest BCUT2D eigenvalue weighted by atomic mass is 9.99. The van der Waals surface area contributed by atoms with Gasteiger partial charge in [0.2, 0.25) is 5.88 Å². The lowest BCUT2D eigenvalue weighted by molar-refractivity contribution is 0.0940. The van der Waals surface area contributed by atoms with E-state index in [2.05, 4.69) is 25.4 Å². The molecule has 0 radical (unpaired) electrons. The van der Waals surface area contributed by atoms with Crippen LogP contribution < -0.4 is 10.1 Å². The first kappa shape index (κ1) is 28.8. The van der Waals surface area contributed by atoms with Gasteiger partial charge in [0.05, 0.1) is 23.4 Å². The van der Waals surface area contributed by atoms with E-state index < -0.39 is 55.6 Å². The van der Waals surface area contributed by atoms with Gasteiger partial charge in [0.1, 0.15) is 27.7 Å². The predicted molar refractivity (Wildman–Crippen MR) is 146 cm³/mol. The fourth-order valence-electron chi connectivity index (χ4n) is 4.97. The van der Waals surface area contributed by atoms with Gasteiger partial charge in [0.25, 0.3) is 5.91 Å². The molecule has 14 heteroatoms. The quantitative estimate of drug-likeness (QED) is 0.303. The van der Waals surface area contributed by atoms with Crippen LogP contribution >= 0.6 is 11.6 Å². The van der Waals surface area contributed by atoms with Crippen molar-refractivity contribution in [3.63, 3.8) is 0 Å². The highest BCUT2D eigenvalue weighted by Crippen LogP contribution is 2.35. The molecule has 4 aromatic rings. The van der Waals surface area contributed by atoms with Gasteiger partial charge < -0.3 is 15.0 Å². The number of carbonyl (C=O) groups is 1. The molecule has 5 rings (SSSR count). The van der Waals surface area contributed by atoms with E-state index in [0.717, 1.165) is 43.7 Å². The molecule has 1 atom stereocenters. The van der Waals surface area contributed by atoms with Gasteiger partial charge in [0, 0.05) is 35.3 Å². The number of aromatic amines is 1. The van der Waals surface area contributed by atoms with Crippen molar-refractivity contribution in [2.45, 2.75) is 29.5 Å². The first-order chi connectivity index (χ1) is 19.5. The highest BCUT2D eigenvalue weighted by atomic mass is 35.5. The summed E-state index contributed by atoms with van der Waals surface area (Å²) >= 11 is 5.90. The Balaban J connectivity index is 1.47. The number of nitrogens with zero attached hydrogens (tertiary/aromatic N) is 3. The van der Waals surface area contributed by atoms with Crippen LogP contribution in [0.25, 0.3) is 22.0 Å². The van der Waals surface area contributed by atoms with E-state index in [1.54, 1.807) is 0 Å². The molecule has 1 saturated heterocycles. The van der Waals surface area contributed by atoms with E-state index >= 15 is 8.78 Å². The second kappa shape index (κ2) is 11.3. The Morgan fingerprint density at radius 3 is 2.71 bits per heavy atom. The molecule has 3 heterocycles. The Morgan fingerprint density at radius 1 is 1.22 bits per heavy atom. The average molecular weight is 608 g/mol. The van der Waals surface area contributed by atoms with Gasteiger partial charge in [0.15, 0.2) is 15.7 Å². The molecule has 1 aliphatic rings. The molecule has 1 amide bonds. The van der Waals surface area contributed by atoms with Crippen molar-refractivity contribution >= 4 is 38.2 Å². The van der Waals surface area contributed by atoms with Crippen molar-refractivity contribution in [1.29, 1.82) is 0 Å². The van der Waals surface area contributed by atoms with Gasteiger partial charge >= 0.3 is 0 Å². The van der Waals surface area contributed by atoms with Gasteiger partial charge in [-0.15, -0.1) is 0 Å². The standard InChI is InChI=1S/C27H25ClF3N5O4S/c1-36-9-3-4-16(36)12-32-26(37)25-18-7-6-17(23(31)24(18)34-35-25)21-19(29)8-5-14(22(21)30)13-41(38,39)20-10-15(28)11-33-27(20)40-2/h5-8,10-11,16H,3-4,9,12-13H2,1-2H3,(H,32,37)(H,34,35)/t16-/m0/s1. The van der Waals surface area contributed by atoms with Gasteiger partial charge in [-0.25, -0.2) is 26.6 Å². The normalized spacial score (nSPS) is 15.9. The predicted octanol–water partition coefficient (Wildman–Crippen LogP) is 4.50. The molecule has 1 fully saturated rings. The van der Waals surface area contributed by atoms with Crippen LogP contribution in [0.1, 0.15) is 28.9 Å². The molecule has 0 bridgehead atoms. The number of fused-ring (bicyclic) bond motifs is 1. The third-order valence-corrected chi connectivity index (χ3v) is 9.02. The number of amides is 1. The van der Waals surface area contributed by atoms with Crippen LogP contribution in [0.5, 0.6) is 5.88 Å². The number of rotatable bonds is 8. The number of aromatic nitrogens is 3. The van der Waals surface area contributed by atoms with Crippen molar-refractivity contribution in [3.05, 3.63) is 70.3 Å². The van der Waals surface area contributed by atoms with E-state index in [1.807, 2.05) is 7.05 Å². The zero-order valence-electron chi connectivity index (χ0n) is 22.0. The van der Waals surface area contributed by atoms with Crippen molar-refractivity contribution in [1.82, 2.24) is 25.4 Å². The summed E-state index contributed by atoms with van der Waals surface area (Å²) in [6, 6.07) is 5.57. The molecule has 1 aliphatic heterocycles. The molecule has 2 aromatic carbocycles. The van der Waals surface area contributed by atoms with Crippen LogP contribution in [0.2, 0.25) is 5.02 Å². The minimum Gasteiger partial charge on any atom is -0.480 e. The van der Waals surface area contributed by atoms with Gasteiger partial charge in [-0.05, 0) is 44.6 Å². The van der Waals surface area contributed by atoms with E-state index in [-0.39, 0.29) is 38.4 Å². The van der Waals surface area contributed by atoms with Crippen LogP contribution in [0, 0.1) is 17.5 Å². The first-order valence-corrected chi connectivity index (χ1v) is 14.6. The van der Waals surface area contributed by atoms with Crippen LogP contribution in [0.15, 0.2) is 41.4 Å². The largest absolute Gasteiger partial charge is 0.480 e. The Kier molecular flexibility index (Phi) is 7.95. The maximum absolute atomic E-state index is 15.7. The first-order valence-electron chi connectivity index (χ1n) is 12.6. The fourth-order valence-corrected chi connectivity index (χ4v) is 6.69.